The first kappa shape index (κ1) is 18.4. The number of aliphatic hydroxyl groups is 1. The second-order valence-electron chi connectivity index (χ2n) is 5.87. The smallest absolute Gasteiger partial charge is 0.383 e. The molecule has 3 nitrogen and oxygen atoms in total. The van der Waals surface area contributed by atoms with Crippen molar-refractivity contribution in [1.29, 1.82) is 0 Å². The average molecular weight is 345 g/mol. The summed E-state index contributed by atoms with van der Waals surface area (Å²) in [4.78, 5) is 13.5. The van der Waals surface area contributed by atoms with Crippen LogP contribution in [0, 0.1) is 11.7 Å². The quantitative estimate of drug-likeness (QED) is 0.850. The number of amides is 1. The molecule has 2 rings (SSSR count). The minimum Gasteiger partial charge on any atom is -0.383 e. The van der Waals surface area contributed by atoms with Crippen molar-refractivity contribution in [2.75, 3.05) is 13.1 Å². The fourth-order valence-corrected chi connectivity index (χ4v) is 2.77. The van der Waals surface area contributed by atoms with E-state index in [0.29, 0.717) is 5.56 Å². The minimum absolute atomic E-state index is 0.100. The number of rotatable bonds is 4. The summed E-state index contributed by atoms with van der Waals surface area (Å²) in [5.41, 5.74) is 0.634. The summed E-state index contributed by atoms with van der Waals surface area (Å²) in [6.07, 6.45) is -3.37. The molecule has 1 heterocycles. The van der Waals surface area contributed by atoms with Gasteiger partial charge in [0.2, 0.25) is 5.91 Å². The Hall–Kier alpha value is -1.89. The van der Waals surface area contributed by atoms with Crippen LogP contribution < -0.4 is 0 Å². The lowest BCUT2D eigenvalue weighted by Crippen LogP contribution is -2.45. The molecule has 1 N–H and O–H groups in total. The van der Waals surface area contributed by atoms with Crippen molar-refractivity contribution in [2.45, 2.75) is 31.5 Å². The van der Waals surface area contributed by atoms with Gasteiger partial charge in [0.05, 0.1) is 0 Å². The van der Waals surface area contributed by atoms with Crippen molar-refractivity contribution >= 4 is 12.0 Å². The molecule has 24 heavy (non-hydrogen) atoms. The third-order valence-corrected chi connectivity index (χ3v) is 4.13. The van der Waals surface area contributed by atoms with Crippen LogP contribution in [-0.2, 0) is 4.79 Å². The fourth-order valence-electron chi connectivity index (χ4n) is 2.77. The van der Waals surface area contributed by atoms with Crippen molar-refractivity contribution in [2.24, 2.45) is 5.92 Å². The maximum atomic E-state index is 13.0. The molecule has 1 aliphatic rings. The Morgan fingerprint density at radius 2 is 2.00 bits per heavy atom. The largest absolute Gasteiger partial charge is 0.414 e. The zero-order valence-corrected chi connectivity index (χ0v) is 13.0. The normalized spacial score (nSPS) is 18.1. The first-order valence-electron chi connectivity index (χ1n) is 7.72. The molecule has 1 saturated heterocycles. The number of alkyl halides is 3. The van der Waals surface area contributed by atoms with Gasteiger partial charge >= 0.3 is 6.18 Å². The van der Waals surface area contributed by atoms with Gasteiger partial charge in [-0.3, -0.25) is 4.79 Å². The van der Waals surface area contributed by atoms with E-state index >= 15 is 0 Å². The second kappa shape index (κ2) is 7.79. The highest BCUT2D eigenvalue weighted by Gasteiger charge is 2.44. The Morgan fingerprint density at radius 1 is 1.33 bits per heavy atom. The first-order chi connectivity index (χ1) is 11.3. The molecule has 1 atom stereocenters. The molecular weight excluding hydrogens is 326 g/mol. The highest BCUT2D eigenvalue weighted by molar-refractivity contribution is 5.78. The molecule has 1 amide bonds. The Kier molecular flexibility index (Phi) is 5.99. The molecule has 0 bridgehead atoms. The summed E-state index contributed by atoms with van der Waals surface area (Å²) in [6.45, 7) is 0.398. The number of piperidine rings is 1. The number of likely N-dealkylation sites (tertiary alicyclic amines) is 1. The lowest BCUT2D eigenvalue weighted by Gasteiger charge is -2.34. The van der Waals surface area contributed by atoms with Crippen LogP contribution >= 0.6 is 0 Å². The van der Waals surface area contributed by atoms with Gasteiger partial charge in [0.15, 0.2) is 6.10 Å². The van der Waals surface area contributed by atoms with Crippen LogP contribution in [0.1, 0.15) is 24.8 Å². The maximum Gasteiger partial charge on any atom is 0.414 e. The van der Waals surface area contributed by atoms with Crippen molar-refractivity contribution < 1.29 is 27.5 Å². The minimum atomic E-state index is -4.62. The second-order valence-corrected chi connectivity index (χ2v) is 5.87. The number of halogens is 4. The highest BCUT2D eigenvalue weighted by Crippen LogP contribution is 2.31. The molecule has 1 aromatic rings. The molecule has 7 heteroatoms. The van der Waals surface area contributed by atoms with E-state index in [4.69, 9.17) is 0 Å². The summed E-state index contributed by atoms with van der Waals surface area (Å²) in [6, 6.07) is 5.93. The molecule has 1 unspecified atom stereocenters. The average Bonchev–Trinajstić information content (AvgIpc) is 2.53. The van der Waals surface area contributed by atoms with E-state index in [-0.39, 0.29) is 44.1 Å². The van der Waals surface area contributed by atoms with Gasteiger partial charge in [-0.15, -0.1) is 0 Å². The van der Waals surface area contributed by atoms with Crippen molar-refractivity contribution in [1.82, 2.24) is 4.90 Å². The van der Waals surface area contributed by atoms with Gasteiger partial charge in [-0.05, 0) is 36.5 Å². The molecule has 0 radical (unpaired) electrons. The van der Waals surface area contributed by atoms with Crippen LogP contribution in [0.25, 0.3) is 6.08 Å². The topological polar surface area (TPSA) is 40.5 Å². The Morgan fingerprint density at radius 3 is 2.58 bits per heavy atom. The SMILES string of the molecule is O=C(C/C=C/c1cccc(F)c1)N1CCC(C(O)C(F)(F)F)CC1. The highest BCUT2D eigenvalue weighted by atomic mass is 19.4. The van der Waals surface area contributed by atoms with Gasteiger partial charge in [-0.2, -0.15) is 13.2 Å². The van der Waals surface area contributed by atoms with Crippen LogP contribution in [0.5, 0.6) is 0 Å². The van der Waals surface area contributed by atoms with Crippen molar-refractivity contribution in [3.8, 4) is 0 Å². The zero-order valence-electron chi connectivity index (χ0n) is 13.0. The molecule has 0 saturated carbocycles. The Bertz CT molecular complexity index is 592. The fraction of sp³-hybridized carbons (Fsp3) is 0.471. The van der Waals surface area contributed by atoms with Crippen LogP contribution in [0.3, 0.4) is 0 Å². The summed E-state index contributed by atoms with van der Waals surface area (Å²) in [7, 11) is 0. The van der Waals surface area contributed by atoms with Gasteiger partial charge < -0.3 is 10.0 Å². The molecule has 132 valence electrons. The molecule has 0 aromatic heterocycles. The Balaban J connectivity index is 1.81. The molecule has 0 aliphatic carbocycles. The van der Waals surface area contributed by atoms with E-state index in [2.05, 4.69) is 0 Å². The van der Waals surface area contributed by atoms with Crippen LogP contribution in [0.2, 0.25) is 0 Å². The Labute approximate surface area is 137 Å². The van der Waals surface area contributed by atoms with E-state index in [1.807, 2.05) is 0 Å². The summed E-state index contributed by atoms with van der Waals surface area (Å²) < 4.78 is 50.5. The van der Waals surface area contributed by atoms with Crippen molar-refractivity contribution in [3.05, 3.63) is 41.7 Å². The number of hydrogen-bond donors (Lipinski definition) is 1. The van der Waals surface area contributed by atoms with E-state index in [9.17, 15) is 27.5 Å². The number of aliphatic hydroxyl groups excluding tert-OH is 1. The van der Waals surface area contributed by atoms with Gasteiger partial charge in [-0.25, -0.2) is 4.39 Å². The molecule has 1 fully saturated rings. The van der Waals surface area contributed by atoms with Crippen molar-refractivity contribution in [3.63, 3.8) is 0 Å². The van der Waals surface area contributed by atoms with Gasteiger partial charge in [0.25, 0.3) is 0 Å². The van der Waals surface area contributed by atoms with Gasteiger partial charge in [0, 0.05) is 19.5 Å². The monoisotopic (exact) mass is 345 g/mol. The molecule has 0 spiro atoms. The van der Waals surface area contributed by atoms with E-state index < -0.39 is 18.2 Å². The van der Waals surface area contributed by atoms with Gasteiger partial charge in [0.1, 0.15) is 5.82 Å². The summed E-state index contributed by atoms with van der Waals surface area (Å²) >= 11 is 0. The summed E-state index contributed by atoms with van der Waals surface area (Å²) in [5, 5.41) is 9.25. The zero-order chi connectivity index (χ0) is 17.7. The molecule has 1 aliphatic heterocycles. The number of carbonyl (C=O) groups is 1. The number of benzene rings is 1. The van der Waals surface area contributed by atoms with E-state index in [0.717, 1.165) is 0 Å². The maximum absolute atomic E-state index is 13.0. The van der Waals surface area contributed by atoms with Crippen LogP contribution in [-0.4, -0.2) is 41.3 Å². The molecular formula is C17H19F4NO2. The third-order valence-electron chi connectivity index (χ3n) is 4.13. The first-order valence-corrected chi connectivity index (χ1v) is 7.72. The number of carbonyl (C=O) groups excluding carboxylic acids is 1. The predicted octanol–water partition coefficient (Wildman–Crippen LogP) is 3.39. The van der Waals surface area contributed by atoms with Gasteiger partial charge in [-0.1, -0.05) is 24.3 Å². The summed E-state index contributed by atoms with van der Waals surface area (Å²) in [5.74, 6) is -1.42. The third kappa shape index (κ3) is 5.06. The van der Waals surface area contributed by atoms with E-state index in [1.165, 1.54) is 17.0 Å². The lowest BCUT2D eigenvalue weighted by molar-refractivity contribution is -0.222. The predicted molar refractivity (Wildman–Crippen MR) is 81.4 cm³/mol. The molecule has 1 aromatic carbocycles. The standard InChI is InChI=1S/C17H19F4NO2/c18-14-5-1-3-12(11-14)4-2-6-15(23)22-9-7-13(8-10-22)16(24)17(19,20)21/h1-5,11,13,16,24H,6-10H2/b4-2+. The van der Waals surface area contributed by atoms with Crippen LogP contribution in [0.15, 0.2) is 30.3 Å². The lowest BCUT2D eigenvalue weighted by atomic mass is 9.91. The number of nitrogens with zero attached hydrogens (tertiary/aromatic N) is 1. The number of hydrogen-bond acceptors (Lipinski definition) is 2. The van der Waals surface area contributed by atoms with Crippen LogP contribution in [0.4, 0.5) is 17.6 Å². The van der Waals surface area contributed by atoms with E-state index in [1.54, 1.807) is 24.3 Å².